The van der Waals surface area contributed by atoms with Crippen molar-refractivity contribution < 1.29 is 14.1 Å². The van der Waals surface area contributed by atoms with Crippen LogP contribution in [-0.2, 0) is 6.54 Å². The van der Waals surface area contributed by atoms with E-state index in [0.29, 0.717) is 25.5 Å². The molecule has 5 rings (SSSR count). The minimum absolute atomic E-state index is 0.144. The molecule has 0 radical (unpaired) electrons. The lowest BCUT2D eigenvalue weighted by molar-refractivity contribution is 0.142. The zero-order chi connectivity index (χ0) is 20.3. The van der Waals surface area contributed by atoms with Gasteiger partial charge in [-0.3, -0.25) is 4.52 Å². The third kappa shape index (κ3) is 3.94. The monoisotopic (exact) mass is 422 g/mol. The Balaban J connectivity index is 1.23. The highest BCUT2D eigenvalue weighted by Crippen LogP contribution is 2.23. The highest BCUT2D eigenvalue weighted by molar-refractivity contribution is 7.13. The molecular weight excluding hydrogens is 404 g/mol. The molecule has 1 aliphatic rings. The third-order valence-corrected chi connectivity index (χ3v) is 5.71. The van der Waals surface area contributed by atoms with Crippen LogP contribution in [0.15, 0.2) is 52.5 Å². The molecule has 0 saturated carbocycles. The van der Waals surface area contributed by atoms with Gasteiger partial charge in [-0.1, -0.05) is 40.7 Å². The zero-order valence-electron chi connectivity index (χ0n) is 16.0. The van der Waals surface area contributed by atoms with Crippen LogP contribution in [0.2, 0.25) is 0 Å². The molecule has 4 heterocycles. The van der Waals surface area contributed by atoms with E-state index in [1.807, 2.05) is 48.0 Å². The van der Waals surface area contributed by atoms with Crippen molar-refractivity contribution >= 4 is 17.4 Å². The number of rotatable bonds is 5. The van der Waals surface area contributed by atoms with Crippen LogP contribution in [0.5, 0.6) is 6.08 Å². The summed E-state index contributed by atoms with van der Waals surface area (Å²) in [5.74, 6) is 0.367. The highest BCUT2D eigenvalue weighted by atomic mass is 32.1. The number of benzene rings is 1. The summed E-state index contributed by atoms with van der Waals surface area (Å²) in [6, 6.07) is 11.7. The fourth-order valence-electron chi connectivity index (χ4n) is 3.27. The number of carbonyl (C=O) groups excluding carboxylic acids is 1. The first kappa shape index (κ1) is 18.5. The van der Waals surface area contributed by atoms with E-state index in [4.69, 9.17) is 9.26 Å². The summed E-state index contributed by atoms with van der Waals surface area (Å²) >= 11 is 1.64. The highest BCUT2D eigenvalue weighted by Gasteiger charge is 2.22. The van der Waals surface area contributed by atoms with Crippen molar-refractivity contribution in [2.45, 2.75) is 19.4 Å². The second-order valence-corrected chi connectivity index (χ2v) is 7.87. The fourth-order valence-corrected chi connectivity index (χ4v) is 3.94. The SMILES string of the molecule is O=C(Oc1nc(-c2ccc(Cn3cc(-c4cccs4)nn3)cc2)no1)N1CCCC1. The summed E-state index contributed by atoms with van der Waals surface area (Å²) in [5.41, 5.74) is 2.69. The van der Waals surface area contributed by atoms with Crippen LogP contribution in [0.4, 0.5) is 4.79 Å². The quantitative estimate of drug-likeness (QED) is 0.483. The molecule has 0 N–H and O–H groups in total. The maximum Gasteiger partial charge on any atom is 0.426 e. The molecule has 0 aliphatic carbocycles. The predicted octanol–water partition coefficient (Wildman–Crippen LogP) is 3.70. The smallest absolute Gasteiger partial charge is 0.359 e. The molecule has 152 valence electrons. The average Bonchev–Trinajstić information content (AvgIpc) is 3.56. The molecule has 0 atom stereocenters. The molecule has 1 aliphatic heterocycles. The normalized spacial score (nSPS) is 13.7. The maximum absolute atomic E-state index is 12.0. The maximum atomic E-state index is 12.0. The summed E-state index contributed by atoms with van der Waals surface area (Å²) in [6.45, 7) is 1.99. The van der Waals surface area contributed by atoms with Crippen LogP contribution in [0.25, 0.3) is 22.0 Å². The van der Waals surface area contributed by atoms with Crippen molar-refractivity contribution in [2.75, 3.05) is 13.1 Å². The molecule has 1 fully saturated rings. The number of carbonyl (C=O) groups is 1. The Morgan fingerprint density at radius 1 is 1.17 bits per heavy atom. The van der Waals surface area contributed by atoms with Crippen LogP contribution < -0.4 is 4.74 Å². The molecule has 10 heteroatoms. The summed E-state index contributed by atoms with van der Waals surface area (Å²) in [4.78, 5) is 18.9. The van der Waals surface area contributed by atoms with Crippen molar-refractivity contribution in [2.24, 2.45) is 0 Å². The molecule has 0 spiro atoms. The molecule has 9 nitrogen and oxygen atoms in total. The number of aromatic nitrogens is 5. The number of nitrogens with zero attached hydrogens (tertiary/aromatic N) is 6. The van der Waals surface area contributed by atoms with Crippen LogP contribution >= 0.6 is 11.3 Å². The van der Waals surface area contributed by atoms with Gasteiger partial charge in [0.2, 0.25) is 5.82 Å². The first-order chi connectivity index (χ1) is 14.7. The van der Waals surface area contributed by atoms with E-state index in [1.54, 1.807) is 20.9 Å². The number of amides is 1. The number of ether oxygens (including phenoxy) is 1. The van der Waals surface area contributed by atoms with Crippen LogP contribution in [-0.4, -0.2) is 49.2 Å². The fraction of sp³-hybridized carbons (Fsp3) is 0.250. The average molecular weight is 422 g/mol. The second kappa shape index (κ2) is 8.07. The summed E-state index contributed by atoms with van der Waals surface area (Å²) < 4.78 is 12.0. The van der Waals surface area contributed by atoms with E-state index in [9.17, 15) is 4.79 Å². The lowest BCUT2D eigenvalue weighted by Crippen LogP contribution is -2.30. The van der Waals surface area contributed by atoms with Crippen molar-refractivity contribution in [3.05, 3.63) is 53.5 Å². The van der Waals surface area contributed by atoms with E-state index in [1.165, 1.54) is 0 Å². The second-order valence-electron chi connectivity index (χ2n) is 6.92. The van der Waals surface area contributed by atoms with Crippen LogP contribution in [0.3, 0.4) is 0 Å². The molecule has 30 heavy (non-hydrogen) atoms. The van der Waals surface area contributed by atoms with Gasteiger partial charge in [0, 0.05) is 18.7 Å². The molecule has 1 amide bonds. The topological polar surface area (TPSA) is 99.2 Å². The van der Waals surface area contributed by atoms with Crippen molar-refractivity contribution in [3.63, 3.8) is 0 Å². The van der Waals surface area contributed by atoms with E-state index in [-0.39, 0.29) is 6.08 Å². The minimum Gasteiger partial charge on any atom is -0.359 e. The molecule has 1 saturated heterocycles. The standard InChI is InChI=1S/C20H18N6O3S/c27-20(25-9-1-2-10-25)28-19-21-18(23-29-19)15-7-5-14(6-8-15)12-26-13-16(22-24-26)17-4-3-11-30-17/h3-8,11,13H,1-2,9-10,12H2. The van der Waals surface area contributed by atoms with Gasteiger partial charge in [-0.2, -0.15) is 4.98 Å². The molecule has 0 bridgehead atoms. The largest absolute Gasteiger partial charge is 0.426 e. The van der Waals surface area contributed by atoms with Gasteiger partial charge < -0.3 is 9.64 Å². The lowest BCUT2D eigenvalue weighted by Gasteiger charge is -2.11. The van der Waals surface area contributed by atoms with E-state index < -0.39 is 6.09 Å². The van der Waals surface area contributed by atoms with Gasteiger partial charge in [-0.15, -0.1) is 16.4 Å². The Bertz CT molecular complexity index is 1130. The molecular formula is C20H18N6O3S. The predicted molar refractivity (Wildman–Crippen MR) is 109 cm³/mol. The van der Waals surface area contributed by atoms with Gasteiger partial charge in [-0.05, 0) is 29.9 Å². The Morgan fingerprint density at radius 3 is 2.77 bits per heavy atom. The number of thiophene rings is 1. The van der Waals surface area contributed by atoms with Gasteiger partial charge >= 0.3 is 12.2 Å². The number of hydrogen-bond donors (Lipinski definition) is 0. The molecule has 1 aromatic carbocycles. The minimum atomic E-state index is -0.451. The molecule has 4 aromatic rings. The van der Waals surface area contributed by atoms with E-state index in [0.717, 1.165) is 34.5 Å². The number of hydrogen-bond acceptors (Lipinski definition) is 8. The van der Waals surface area contributed by atoms with Gasteiger partial charge in [0.25, 0.3) is 0 Å². The molecule has 3 aromatic heterocycles. The van der Waals surface area contributed by atoms with Crippen molar-refractivity contribution in [3.8, 4) is 28.0 Å². The Morgan fingerprint density at radius 2 is 2.00 bits per heavy atom. The van der Waals surface area contributed by atoms with Gasteiger partial charge in [0.1, 0.15) is 5.69 Å². The van der Waals surface area contributed by atoms with Crippen molar-refractivity contribution in [1.82, 2.24) is 30.0 Å². The molecule has 0 unspecified atom stereocenters. The Kier molecular flexibility index (Phi) is 4.98. The van der Waals surface area contributed by atoms with Gasteiger partial charge in [-0.25, -0.2) is 9.48 Å². The summed E-state index contributed by atoms with van der Waals surface area (Å²) in [7, 11) is 0. The van der Waals surface area contributed by atoms with E-state index in [2.05, 4.69) is 20.5 Å². The first-order valence-electron chi connectivity index (χ1n) is 9.58. The Hall–Kier alpha value is -3.53. The van der Waals surface area contributed by atoms with E-state index >= 15 is 0 Å². The number of likely N-dealkylation sites (tertiary alicyclic amines) is 1. The van der Waals surface area contributed by atoms with Crippen molar-refractivity contribution in [1.29, 1.82) is 0 Å². The van der Waals surface area contributed by atoms with Crippen LogP contribution in [0, 0.1) is 0 Å². The van der Waals surface area contributed by atoms with Gasteiger partial charge in [0.15, 0.2) is 0 Å². The zero-order valence-corrected chi connectivity index (χ0v) is 16.8. The lowest BCUT2D eigenvalue weighted by atomic mass is 10.1. The summed E-state index contributed by atoms with van der Waals surface area (Å²) in [6.07, 6.45) is 3.31. The summed E-state index contributed by atoms with van der Waals surface area (Å²) in [5, 5.41) is 14.3. The first-order valence-corrected chi connectivity index (χ1v) is 10.5. The Labute approximate surface area is 175 Å². The van der Waals surface area contributed by atoms with Gasteiger partial charge in [0.05, 0.1) is 17.6 Å². The van der Waals surface area contributed by atoms with Crippen LogP contribution in [0.1, 0.15) is 18.4 Å². The third-order valence-electron chi connectivity index (χ3n) is 4.82.